The number of carbonyl (C=O) groups is 1. The van der Waals surface area contributed by atoms with Gasteiger partial charge in [0.2, 0.25) is 6.23 Å². The highest BCUT2D eigenvalue weighted by Crippen LogP contribution is 2.31. The summed E-state index contributed by atoms with van der Waals surface area (Å²) in [5.74, 6) is 0.510. The number of unbranched alkanes of at least 4 members (excludes halogenated alkanes) is 3. The zero-order valence-electron chi connectivity index (χ0n) is 20.3. The van der Waals surface area contributed by atoms with Crippen LogP contribution in [0.2, 0.25) is 0 Å². The van der Waals surface area contributed by atoms with E-state index in [4.69, 9.17) is 20.9 Å². The standard InChI is InChI=1S/C22H40N7O3S/c1-4-5-6-7-14-31-20-19(27-33-28-20)17-10-9-13-29(3,15-17)16(2)32-21(30)18(23)11-8-12-26-22(24)25/h10,16,18H,4-9,11-15,23H2,1-3H3,(H4,24,25,26)/q+1/p+2/t16?,18-,29?/m0/s1. The fraction of sp³-hybridized carbons (Fsp3) is 0.727. The topological polar surface area (TPSA) is 155 Å². The van der Waals surface area contributed by atoms with Gasteiger partial charge in [-0.2, -0.15) is 4.37 Å². The van der Waals surface area contributed by atoms with Crippen molar-refractivity contribution in [2.45, 2.75) is 71.1 Å². The number of ether oxygens (including phenoxy) is 2. The van der Waals surface area contributed by atoms with E-state index in [-0.39, 0.29) is 18.2 Å². The van der Waals surface area contributed by atoms with E-state index in [1.54, 1.807) is 0 Å². The number of hydrogen-bond donors (Lipinski definition) is 4. The number of likely N-dealkylation sites (N-methyl/N-ethyl adjacent to an activating group) is 1. The molecule has 0 fully saturated rings. The zero-order valence-corrected chi connectivity index (χ0v) is 21.2. The molecule has 0 aliphatic carbocycles. The molecule has 0 radical (unpaired) electrons. The van der Waals surface area contributed by atoms with Crippen LogP contribution in [-0.2, 0) is 9.53 Å². The Bertz CT molecular complexity index is 810. The number of nitrogens with two attached hydrogens (primary N) is 2. The van der Waals surface area contributed by atoms with Gasteiger partial charge in [-0.15, -0.1) is 4.37 Å². The lowest BCUT2D eigenvalue weighted by atomic mass is 10.0. The summed E-state index contributed by atoms with van der Waals surface area (Å²) in [6.45, 7) is 6.97. The number of hydrogen-bond acceptors (Lipinski definition) is 6. The molecule has 1 aliphatic rings. The average molecular weight is 485 g/mol. The SMILES string of the molecule is CCCCCCOc1nsnc1C1=CCC[N+](C)(C(C)OC(=O)[C@@H]([NH3+])CCC[NH+]=C(N)N)C1. The summed E-state index contributed by atoms with van der Waals surface area (Å²) in [6, 6.07) is -0.435. The van der Waals surface area contributed by atoms with Crippen LogP contribution in [-0.4, -0.2) is 70.7 Å². The van der Waals surface area contributed by atoms with Gasteiger partial charge in [0, 0.05) is 25.3 Å². The molecule has 2 unspecified atom stereocenters. The molecular formula is C22H42N7O3S+3. The molecule has 0 saturated heterocycles. The van der Waals surface area contributed by atoms with Crippen molar-refractivity contribution in [2.24, 2.45) is 11.5 Å². The molecule has 0 aromatic carbocycles. The molecule has 8 N–H and O–H groups in total. The van der Waals surface area contributed by atoms with E-state index in [9.17, 15) is 4.79 Å². The molecule has 3 atom stereocenters. The smallest absolute Gasteiger partial charge is 0.369 e. The lowest BCUT2D eigenvalue weighted by molar-refractivity contribution is -0.944. The predicted molar refractivity (Wildman–Crippen MR) is 129 cm³/mol. The van der Waals surface area contributed by atoms with Crippen molar-refractivity contribution in [3.8, 4) is 5.88 Å². The molecule has 186 valence electrons. The van der Waals surface area contributed by atoms with Gasteiger partial charge in [0.1, 0.15) is 12.2 Å². The number of aromatic nitrogens is 2. The van der Waals surface area contributed by atoms with Gasteiger partial charge in [0.25, 0.3) is 5.88 Å². The predicted octanol–water partition coefficient (Wildman–Crippen LogP) is -0.635. The normalized spacial score (nSPS) is 19.9. The second-order valence-electron chi connectivity index (χ2n) is 8.96. The van der Waals surface area contributed by atoms with Gasteiger partial charge in [-0.3, -0.25) is 20.9 Å². The van der Waals surface area contributed by atoms with Crippen molar-refractivity contribution in [3.63, 3.8) is 0 Å². The summed E-state index contributed by atoms with van der Waals surface area (Å²) in [6.07, 6.45) is 8.69. The van der Waals surface area contributed by atoms with Gasteiger partial charge < -0.3 is 15.2 Å². The van der Waals surface area contributed by atoms with Crippen molar-refractivity contribution in [3.05, 3.63) is 11.8 Å². The summed E-state index contributed by atoms with van der Waals surface area (Å²) >= 11 is 1.17. The first-order chi connectivity index (χ1) is 15.8. The monoisotopic (exact) mass is 484 g/mol. The van der Waals surface area contributed by atoms with Crippen LogP contribution in [0.1, 0.15) is 64.5 Å². The Morgan fingerprint density at radius 1 is 1.30 bits per heavy atom. The summed E-state index contributed by atoms with van der Waals surface area (Å²) in [7, 11) is 2.11. The largest absolute Gasteiger partial charge is 0.475 e. The van der Waals surface area contributed by atoms with Crippen LogP contribution in [0.15, 0.2) is 6.08 Å². The zero-order chi connectivity index (χ0) is 24.3. The number of carbonyl (C=O) groups excluding carboxylic acids is 1. The third-order valence-electron chi connectivity index (χ3n) is 6.12. The van der Waals surface area contributed by atoms with Gasteiger partial charge in [0.05, 0.1) is 38.5 Å². The van der Waals surface area contributed by atoms with Gasteiger partial charge in [-0.1, -0.05) is 32.3 Å². The maximum absolute atomic E-state index is 12.6. The third kappa shape index (κ3) is 8.56. The lowest BCUT2D eigenvalue weighted by Gasteiger charge is -2.41. The molecule has 1 aromatic heterocycles. The Hall–Kier alpha value is -2.24. The number of rotatable bonds is 14. The molecule has 11 heteroatoms. The Labute approximate surface area is 201 Å². The van der Waals surface area contributed by atoms with Crippen LogP contribution < -0.4 is 26.9 Å². The summed E-state index contributed by atoms with van der Waals surface area (Å²) < 4.78 is 21.2. The molecule has 1 aromatic rings. The summed E-state index contributed by atoms with van der Waals surface area (Å²) in [5, 5.41) is 0. The molecule has 33 heavy (non-hydrogen) atoms. The van der Waals surface area contributed by atoms with Gasteiger partial charge in [-0.25, -0.2) is 4.79 Å². The van der Waals surface area contributed by atoms with Crippen LogP contribution >= 0.6 is 11.7 Å². The molecule has 0 saturated carbocycles. The van der Waals surface area contributed by atoms with E-state index < -0.39 is 6.04 Å². The van der Waals surface area contributed by atoms with Crippen molar-refractivity contribution in [1.82, 2.24) is 8.75 Å². The second-order valence-corrected chi connectivity index (χ2v) is 9.49. The first-order valence-corrected chi connectivity index (χ1v) is 12.6. The van der Waals surface area contributed by atoms with Crippen molar-refractivity contribution >= 4 is 29.2 Å². The highest BCUT2D eigenvalue weighted by atomic mass is 32.1. The first-order valence-electron chi connectivity index (χ1n) is 11.9. The minimum Gasteiger partial charge on any atom is -0.475 e. The minimum absolute atomic E-state index is 0.179. The van der Waals surface area contributed by atoms with E-state index in [2.05, 4.69) is 39.5 Å². The molecule has 10 nitrogen and oxygen atoms in total. The highest BCUT2D eigenvalue weighted by Gasteiger charge is 2.37. The van der Waals surface area contributed by atoms with Crippen molar-refractivity contribution in [2.75, 3.05) is 33.3 Å². The third-order valence-corrected chi connectivity index (χ3v) is 6.63. The van der Waals surface area contributed by atoms with E-state index >= 15 is 0 Å². The fourth-order valence-electron chi connectivity index (χ4n) is 3.81. The Kier molecular flexibility index (Phi) is 11.0. The first kappa shape index (κ1) is 27.0. The van der Waals surface area contributed by atoms with Crippen molar-refractivity contribution < 1.29 is 29.5 Å². The quantitative estimate of drug-likeness (QED) is 0.0900. The second kappa shape index (κ2) is 13.5. The van der Waals surface area contributed by atoms with E-state index in [0.717, 1.165) is 43.5 Å². The Morgan fingerprint density at radius 3 is 2.82 bits per heavy atom. The van der Waals surface area contributed by atoms with Crippen molar-refractivity contribution in [1.29, 1.82) is 0 Å². The number of guanidine groups is 1. The van der Waals surface area contributed by atoms with Crippen LogP contribution in [0.5, 0.6) is 5.88 Å². The molecule has 0 amide bonds. The van der Waals surface area contributed by atoms with Crippen LogP contribution in [0.4, 0.5) is 0 Å². The van der Waals surface area contributed by atoms with E-state index in [0.29, 0.717) is 36.5 Å². The minimum atomic E-state index is -0.435. The molecule has 2 heterocycles. The average Bonchev–Trinajstić information content (AvgIpc) is 3.25. The maximum Gasteiger partial charge on any atom is 0.369 e. The van der Waals surface area contributed by atoms with E-state index in [1.807, 2.05) is 6.92 Å². The Morgan fingerprint density at radius 2 is 2.09 bits per heavy atom. The molecule has 0 spiro atoms. The molecular weight excluding hydrogens is 442 g/mol. The molecule has 0 bridgehead atoms. The number of nitrogens with one attached hydrogen (secondary N) is 1. The number of nitrogens with zero attached hydrogens (tertiary/aromatic N) is 3. The van der Waals surface area contributed by atoms with Gasteiger partial charge >= 0.3 is 11.9 Å². The highest BCUT2D eigenvalue weighted by molar-refractivity contribution is 6.99. The lowest BCUT2D eigenvalue weighted by Crippen LogP contribution is -2.78. The van der Waals surface area contributed by atoms with Crippen LogP contribution in [0.3, 0.4) is 0 Å². The Balaban J connectivity index is 1.91. The molecule has 1 aliphatic heterocycles. The molecule has 2 rings (SSSR count). The number of quaternary nitrogens is 2. The van der Waals surface area contributed by atoms with Crippen LogP contribution in [0.25, 0.3) is 5.57 Å². The summed E-state index contributed by atoms with van der Waals surface area (Å²) in [5.41, 5.74) is 16.6. The fourth-order valence-corrected chi connectivity index (χ4v) is 4.34. The summed E-state index contributed by atoms with van der Waals surface area (Å²) in [4.78, 5) is 15.4. The van der Waals surface area contributed by atoms with Gasteiger partial charge in [0.15, 0.2) is 6.04 Å². The van der Waals surface area contributed by atoms with Crippen LogP contribution in [0, 0.1) is 0 Å². The number of esters is 1. The van der Waals surface area contributed by atoms with E-state index in [1.165, 1.54) is 24.6 Å². The van der Waals surface area contributed by atoms with Gasteiger partial charge in [-0.05, 0) is 12.8 Å². The maximum atomic E-state index is 12.6.